The van der Waals surface area contributed by atoms with Gasteiger partial charge in [0, 0.05) is 31.7 Å². The third-order valence-electron chi connectivity index (χ3n) is 3.05. The van der Waals surface area contributed by atoms with Crippen LogP contribution in [0.4, 0.5) is 4.39 Å². The summed E-state index contributed by atoms with van der Waals surface area (Å²) in [5.41, 5.74) is 7.49. The summed E-state index contributed by atoms with van der Waals surface area (Å²) in [4.78, 5) is 2.26. The Morgan fingerprint density at radius 2 is 2.06 bits per heavy atom. The van der Waals surface area contributed by atoms with Gasteiger partial charge in [0.1, 0.15) is 5.82 Å². The average molecular weight is 222 g/mol. The molecule has 2 nitrogen and oxygen atoms in total. The summed E-state index contributed by atoms with van der Waals surface area (Å²) in [5, 5.41) is 0. The van der Waals surface area contributed by atoms with Crippen molar-refractivity contribution in [3.8, 4) is 0 Å². The molecule has 1 aromatic carbocycles. The Labute approximate surface area is 96.2 Å². The molecule has 0 radical (unpaired) electrons. The zero-order chi connectivity index (χ0) is 11.8. The minimum Gasteiger partial charge on any atom is -0.326 e. The molecule has 2 rings (SSSR count). The van der Waals surface area contributed by atoms with Gasteiger partial charge in [-0.05, 0) is 17.0 Å². The molecule has 1 heterocycles. The van der Waals surface area contributed by atoms with Crippen molar-refractivity contribution in [3.63, 3.8) is 0 Å². The van der Waals surface area contributed by atoms with E-state index >= 15 is 0 Å². The van der Waals surface area contributed by atoms with Gasteiger partial charge in [0.25, 0.3) is 0 Å². The van der Waals surface area contributed by atoms with Crippen molar-refractivity contribution in [2.24, 2.45) is 11.1 Å². The van der Waals surface area contributed by atoms with Crippen LogP contribution < -0.4 is 5.73 Å². The molecule has 0 bridgehead atoms. The Morgan fingerprint density at radius 3 is 2.56 bits per heavy atom. The summed E-state index contributed by atoms with van der Waals surface area (Å²) in [5.74, 6) is -0.132. The molecule has 16 heavy (non-hydrogen) atoms. The SMILES string of the molecule is CC1(C)CN(Cc2ccc(CN)cc2F)C1. The van der Waals surface area contributed by atoms with E-state index in [1.807, 2.05) is 12.1 Å². The van der Waals surface area contributed by atoms with Crippen molar-refractivity contribution in [2.45, 2.75) is 26.9 Å². The molecule has 1 saturated heterocycles. The lowest BCUT2D eigenvalue weighted by atomic mass is 9.84. The van der Waals surface area contributed by atoms with Crippen LogP contribution >= 0.6 is 0 Å². The Kier molecular flexibility index (Phi) is 3.00. The topological polar surface area (TPSA) is 29.3 Å². The number of benzene rings is 1. The molecule has 2 N–H and O–H groups in total. The number of hydrogen-bond donors (Lipinski definition) is 1. The van der Waals surface area contributed by atoms with E-state index in [1.54, 1.807) is 6.07 Å². The summed E-state index contributed by atoms with van der Waals surface area (Å²) in [6.45, 7) is 7.67. The highest BCUT2D eigenvalue weighted by molar-refractivity contribution is 5.24. The fraction of sp³-hybridized carbons (Fsp3) is 0.538. The molecule has 88 valence electrons. The van der Waals surface area contributed by atoms with Crippen molar-refractivity contribution < 1.29 is 4.39 Å². The van der Waals surface area contributed by atoms with Gasteiger partial charge < -0.3 is 5.73 Å². The molecule has 0 saturated carbocycles. The Bertz CT molecular complexity index is 380. The van der Waals surface area contributed by atoms with Crippen molar-refractivity contribution in [3.05, 3.63) is 35.1 Å². The van der Waals surface area contributed by atoms with E-state index in [1.165, 1.54) is 0 Å². The monoisotopic (exact) mass is 222 g/mol. The second kappa shape index (κ2) is 4.15. The Hall–Kier alpha value is -0.930. The standard InChI is InChI=1S/C13H19FN2/c1-13(2)8-16(9-13)7-11-4-3-10(6-15)5-12(11)14/h3-5H,6-9,15H2,1-2H3. The quantitative estimate of drug-likeness (QED) is 0.849. The normalized spacial score (nSPS) is 19.5. The fourth-order valence-corrected chi connectivity index (χ4v) is 2.36. The molecular formula is C13H19FN2. The summed E-state index contributed by atoms with van der Waals surface area (Å²) < 4.78 is 13.7. The molecule has 1 aromatic rings. The summed E-state index contributed by atoms with van der Waals surface area (Å²) in [7, 11) is 0. The largest absolute Gasteiger partial charge is 0.326 e. The molecule has 0 aliphatic carbocycles. The zero-order valence-corrected chi connectivity index (χ0v) is 9.96. The molecule has 1 aliphatic heterocycles. The maximum absolute atomic E-state index is 13.7. The molecule has 0 unspecified atom stereocenters. The number of rotatable bonds is 3. The van der Waals surface area contributed by atoms with Gasteiger partial charge in [-0.3, -0.25) is 4.90 Å². The van der Waals surface area contributed by atoms with E-state index in [2.05, 4.69) is 18.7 Å². The Morgan fingerprint density at radius 1 is 1.38 bits per heavy atom. The van der Waals surface area contributed by atoms with Crippen molar-refractivity contribution in [1.82, 2.24) is 4.90 Å². The lowest BCUT2D eigenvalue weighted by Gasteiger charge is -2.46. The van der Waals surface area contributed by atoms with Crippen LogP contribution in [0.1, 0.15) is 25.0 Å². The van der Waals surface area contributed by atoms with Gasteiger partial charge in [-0.1, -0.05) is 26.0 Å². The molecular weight excluding hydrogens is 203 g/mol. The number of likely N-dealkylation sites (tertiary alicyclic amines) is 1. The molecule has 0 spiro atoms. The lowest BCUT2D eigenvalue weighted by Crippen LogP contribution is -2.52. The van der Waals surface area contributed by atoms with Crippen LogP contribution in [0.5, 0.6) is 0 Å². The van der Waals surface area contributed by atoms with E-state index in [4.69, 9.17) is 5.73 Å². The van der Waals surface area contributed by atoms with Crippen LogP contribution in [0.3, 0.4) is 0 Å². The first-order chi connectivity index (χ1) is 7.50. The van der Waals surface area contributed by atoms with E-state index in [9.17, 15) is 4.39 Å². The first-order valence-corrected chi connectivity index (χ1v) is 5.70. The highest BCUT2D eigenvalue weighted by Crippen LogP contribution is 2.30. The van der Waals surface area contributed by atoms with Gasteiger partial charge in [0.2, 0.25) is 0 Å². The van der Waals surface area contributed by atoms with Crippen LogP contribution in [0, 0.1) is 11.2 Å². The van der Waals surface area contributed by atoms with E-state index in [-0.39, 0.29) is 5.82 Å². The predicted molar refractivity (Wildman–Crippen MR) is 63.3 cm³/mol. The van der Waals surface area contributed by atoms with E-state index in [0.717, 1.165) is 24.2 Å². The lowest BCUT2D eigenvalue weighted by molar-refractivity contribution is 0.0234. The molecule has 3 heteroatoms. The molecule has 0 atom stereocenters. The Balaban J connectivity index is 2.00. The highest BCUT2D eigenvalue weighted by Gasteiger charge is 2.33. The van der Waals surface area contributed by atoms with Crippen LogP contribution in [-0.2, 0) is 13.1 Å². The van der Waals surface area contributed by atoms with Gasteiger partial charge in [-0.2, -0.15) is 0 Å². The maximum Gasteiger partial charge on any atom is 0.128 e. The highest BCUT2D eigenvalue weighted by atomic mass is 19.1. The predicted octanol–water partition coefficient (Wildman–Crippen LogP) is 2.13. The second-order valence-corrected chi connectivity index (χ2v) is 5.44. The van der Waals surface area contributed by atoms with E-state index in [0.29, 0.717) is 18.5 Å². The van der Waals surface area contributed by atoms with Gasteiger partial charge in [-0.15, -0.1) is 0 Å². The maximum atomic E-state index is 13.7. The number of nitrogens with zero attached hydrogens (tertiary/aromatic N) is 1. The first-order valence-electron chi connectivity index (χ1n) is 5.70. The van der Waals surface area contributed by atoms with Crippen LogP contribution in [-0.4, -0.2) is 18.0 Å². The second-order valence-electron chi connectivity index (χ2n) is 5.44. The minimum absolute atomic E-state index is 0.132. The first kappa shape index (κ1) is 11.6. The number of hydrogen-bond acceptors (Lipinski definition) is 2. The van der Waals surface area contributed by atoms with Gasteiger partial charge >= 0.3 is 0 Å². The van der Waals surface area contributed by atoms with Crippen LogP contribution in [0.25, 0.3) is 0 Å². The van der Waals surface area contributed by atoms with Gasteiger partial charge in [0.05, 0.1) is 0 Å². The summed E-state index contributed by atoms with van der Waals surface area (Å²) in [6.07, 6.45) is 0. The van der Waals surface area contributed by atoms with Crippen molar-refractivity contribution >= 4 is 0 Å². The minimum atomic E-state index is -0.132. The van der Waals surface area contributed by atoms with Gasteiger partial charge in [0.15, 0.2) is 0 Å². The van der Waals surface area contributed by atoms with Crippen LogP contribution in [0.2, 0.25) is 0 Å². The van der Waals surface area contributed by atoms with Crippen molar-refractivity contribution in [2.75, 3.05) is 13.1 Å². The molecule has 1 fully saturated rings. The van der Waals surface area contributed by atoms with Gasteiger partial charge in [-0.25, -0.2) is 4.39 Å². The molecule has 0 aromatic heterocycles. The molecule has 1 aliphatic rings. The van der Waals surface area contributed by atoms with E-state index < -0.39 is 0 Å². The number of nitrogens with two attached hydrogens (primary N) is 1. The summed E-state index contributed by atoms with van der Waals surface area (Å²) in [6, 6.07) is 5.30. The third kappa shape index (κ3) is 2.42. The molecule has 0 amide bonds. The van der Waals surface area contributed by atoms with Crippen LogP contribution in [0.15, 0.2) is 18.2 Å². The zero-order valence-electron chi connectivity index (χ0n) is 9.96. The fourth-order valence-electron chi connectivity index (χ4n) is 2.36. The third-order valence-corrected chi connectivity index (χ3v) is 3.05. The average Bonchev–Trinajstić information content (AvgIpc) is 2.18. The summed E-state index contributed by atoms with van der Waals surface area (Å²) >= 11 is 0. The smallest absolute Gasteiger partial charge is 0.128 e. The van der Waals surface area contributed by atoms with Crippen molar-refractivity contribution in [1.29, 1.82) is 0 Å². The number of halogens is 1.